The quantitative estimate of drug-likeness (QED) is 0.822. The van der Waals surface area contributed by atoms with Gasteiger partial charge in [0, 0.05) is 12.1 Å². The Hall–Kier alpha value is -2.20. The predicted octanol–water partition coefficient (Wildman–Crippen LogP) is 2.44. The van der Waals surface area contributed by atoms with E-state index in [9.17, 15) is 4.79 Å². The van der Waals surface area contributed by atoms with E-state index in [0.29, 0.717) is 5.69 Å². The summed E-state index contributed by atoms with van der Waals surface area (Å²) in [6.45, 7) is 2.85. The van der Waals surface area contributed by atoms with Crippen molar-refractivity contribution in [2.45, 2.75) is 25.8 Å². The number of imidazole rings is 1. The standard InChI is InChI=1S/C18H19N3O/c22-12-15-11-20-18-17(14-5-8-19-9-6-14)16-4-2-1-3-13(16)7-10-21(15)18/h1-4,11-12,19H,5-10H2. The normalized spacial score (nSPS) is 17.6. The smallest absolute Gasteiger partial charge is 0.168 e. The number of aromatic nitrogens is 2. The summed E-state index contributed by atoms with van der Waals surface area (Å²) in [7, 11) is 0. The maximum absolute atomic E-state index is 11.3. The Bertz CT molecular complexity index is 749. The predicted molar refractivity (Wildman–Crippen MR) is 85.9 cm³/mol. The second kappa shape index (κ2) is 5.54. The van der Waals surface area contributed by atoms with Gasteiger partial charge in [0.25, 0.3) is 0 Å². The van der Waals surface area contributed by atoms with Gasteiger partial charge in [-0.05, 0) is 43.5 Å². The third-order valence-corrected chi connectivity index (χ3v) is 4.68. The fourth-order valence-electron chi connectivity index (χ4n) is 3.58. The number of piperidine rings is 1. The lowest BCUT2D eigenvalue weighted by atomic mass is 9.90. The van der Waals surface area contributed by atoms with E-state index in [4.69, 9.17) is 0 Å². The Balaban J connectivity index is 1.98. The summed E-state index contributed by atoms with van der Waals surface area (Å²) in [5.74, 6) is 0.962. The zero-order chi connectivity index (χ0) is 14.9. The zero-order valence-corrected chi connectivity index (χ0v) is 12.5. The second-order valence-corrected chi connectivity index (χ2v) is 5.91. The molecule has 0 aliphatic carbocycles. The molecule has 0 unspecified atom stereocenters. The lowest BCUT2D eigenvalue weighted by molar-refractivity contribution is 0.111. The van der Waals surface area contributed by atoms with Gasteiger partial charge < -0.3 is 9.88 Å². The van der Waals surface area contributed by atoms with Gasteiger partial charge in [-0.15, -0.1) is 0 Å². The number of benzene rings is 1. The minimum absolute atomic E-state index is 0.676. The Labute approximate surface area is 129 Å². The highest BCUT2D eigenvalue weighted by Crippen LogP contribution is 2.35. The molecule has 1 aromatic heterocycles. The average molecular weight is 293 g/mol. The molecule has 1 aromatic carbocycles. The molecule has 0 saturated carbocycles. The van der Waals surface area contributed by atoms with E-state index in [0.717, 1.165) is 51.0 Å². The molecule has 2 aromatic rings. The van der Waals surface area contributed by atoms with Crippen LogP contribution in [0.25, 0.3) is 5.57 Å². The van der Waals surface area contributed by atoms with Gasteiger partial charge in [0.05, 0.1) is 6.20 Å². The Morgan fingerprint density at radius 3 is 2.77 bits per heavy atom. The first-order valence-electron chi connectivity index (χ1n) is 7.90. The van der Waals surface area contributed by atoms with Crippen molar-refractivity contribution in [1.82, 2.24) is 14.9 Å². The van der Waals surface area contributed by atoms with Crippen LogP contribution in [0.2, 0.25) is 0 Å². The van der Waals surface area contributed by atoms with Crippen molar-refractivity contribution >= 4 is 11.9 Å². The highest BCUT2D eigenvalue weighted by Gasteiger charge is 2.24. The number of fused-ring (bicyclic) bond motifs is 2. The molecule has 1 fully saturated rings. The summed E-state index contributed by atoms with van der Waals surface area (Å²) in [4.78, 5) is 15.9. The molecule has 3 heterocycles. The Kier molecular flexibility index (Phi) is 3.39. The number of aldehydes is 1. The molecule has 2 aliphatic heterocycles. The number of rotatable bonds is 1. The van der Waals surface area contributed by atoms with Crippen LogP contribution >= 0.6 is 0 Å². The van der Waals surface area contributed by atoms with Crippen LogP contribution in [0.3, 0.4) is 0 Å². The van der Waals surface area contributed by atoms with Crippen LogP contribution in [0, 0.1) is 0 Å². The molecule has 1 N–H and O–H groups in total. The van der Waals surface area contributed by atoms with Crippen LogP contribution in [0.1, 0.15) is 40.3 Å². The number of nitrogens with one attached hydrogen (secondary N) is 1. The van der Waals surface area contributed by atoms with E-state index in [1.54, 1.807) is 6.20 Å². The van der Waals surface area contributed by atoms with E-state index < -0.39 is 0 Å². The molecule has 4 rings (SSSR count). The van der Waals surface area contributed by atoms with Gasteiger partial charge in [0.2, 0.25) is 0 Å². The van der Waals surface area contributed by atoms with Crippen molar-refractivity contribution in [3.63, 3.8) is 0 Å². The Morgan fingerprint density at radius 1 is 1.14 bits per heavy atom. The van der Waals surface area contributed by atoms with Crippen LogP contribution in [0.4, 0.5) is 0 Å². The van der Waals surface area contributed by atoms with Crippen molar-refractivity contribution in [2.75, 3.05) is 13.1 Å². The number of hydrogen-bond donors (Lipinski definition) is 1. The molecule has 2 aliphatic rings. The molecular formula is C18H19N3O. The topological polar surface area (TPSA) is 46.9 Å². The lowest BCUT2D eigenvalue weighted by Crippen LogP contribution is -2.24. The van der Waals surface area contributed by atoms with Gasteiger partial charge in [0.15, 0.2) is 6.29 Å². The number of hydrogen-bond acceptors (Lipinski definition) is 3. The first-order chi connectivity index (χ1) is 10.9. The zero-order valence-electron chi connectivity index (χ0n) is 12.5. The molecule has 0 amide bonds. The molecule has 112 valence electrons. The summed E-state index contributed by atoms with van der Waals surface area (Å²) < 4.78 is 2.08. The van der Waals surface area contributed by atoms with Crippen LogP contribution < -0.4 is 5.32 Å². The SMILES string of the molecule is O=Cc1cnc2n1CCc1ccccc1C2=C1CCNCC1. The third kappa shape index (κ3) is 2.11. The summed E-state index contributed by atoms with van der Waals surface area (Å²) in [5, 5.41) is 3.42. The molecule has 0 spiro atoms. The molecule has 4 heteroatoms. The van der Waals surface area contributed by atoms with Gasteiger partial charge >= 0.3 is 0 Å². The first kappa shape index (κ1) is 13.5. The van der Waals surface area contributed by atoms with E-state index in [1.807, 2.05) is 0 Å². The van der Waals surface area contributed by atoms with Crippen LogP contribution in [-0.2, 0) is 13.0 Å². The molecular weight excluding hydrogens is 274 g/mol. The number of carbonyl (C=O) groups is 1. The minimum Gasteiger partial charge on any atom is -0.321 e. The molecule has 22 heavy (non-hydrogen) atoms. The lowest BCUT2D eigenvalue weighted by Gasteiger charge is -2.20. The molecule has 0 atom stereocenters. The van der Waals surface area contributed by atoms with E-state index >= 15 is 0 Å². The van der Waals surface area contributed by atoms with Crippen LogP contribution in [0.15, 0.2) is 36.0 Å². The van der Waals surface area contributed by atoms with Gasteiger partial charge in [-0.2, -0.15) is 0 Å². The van der Waals surface area contributed by atoms with Crippen molar-refractivity contribution < 1.29 is 4.79 Å². The maximum atomic E-state index is 11.3. The van der Waals surface area contributed by atoms with Crippen LogP contribution in [0.5, 0.6) is 0 Å². The van der Waals surface area contributed by atoms with Crippen LogP contribution in [-0.4, -0.2) is 28.9 Å². The largest absolute Gasteiger partial charge is 0.321 e. The van der Waals surface area contributed by atoms with Gasteiger partial charge in [0.1, 0.15) is 11.5 Å². The fraction of sp³-hybridized carbons (Fsp3) is 0.333. The first-order valence-corrected chi connectivity index (χ1v) is 7.90. The minimum atomic E-state index is 0.676. The van der Waals surface area contributed by atoms with Crippen molar-refractivity contribution in [3.8, 4) is 0 Å². The summed E-state index contributed by atoms with van der Waals surface area (Å²) in [5.41, 5.74) is 6.03. The van der Waals surface area contributed by atoms with Gasteiger partial charge in [-0.25, -0.2) is 4.98 Å². The molecule has 0 bridgehead atoms. The third-order valence-electron chi connectivity index (χ3n) is 4.68. The van der Waals surface area contributed by atoms with E-state index in [2.05, 4.69) is 39.1 Å². The number of carbonyl (C=O) groups excluding carboxylic acids is 1. The molecule has 1 saturated heterocycles. The average Bonchev–Trinajstić information content (AvgIpc) is 2.90. The fourth-order valence-corrected chi connectivity index (χ4v) is 3.58. The van der Waals surface area contributed by atoms with Crippen molar-refractivity contribution in [2.24, 2.45) is 0 Å². The second-order valence-electron chi connectivity index (χ2n) is 5.91. The van der Waals surface area contributed by atoms with E-state index in [1.165, 1.54) is 22.3 Å². The number of aryl methyl sites for hydroxylation is 1. The monoisotopic (exact) mass is 293 g/mol. The summed E-state index contributed by atoms with van der Waals surface area (Å²) in [6, 6.07) is 8.59. The molecule has 0 radical (unpaired) electrons. The van der Waals surface area contributed by atoms with Gasteiger partial charge in [-0.1, -0.05) is 29.8 Å². The number of nitrogens with zero attached hydrogens (tertiary/aromatic N) is 2. The summed E-state index contributed by atoms with van der Waals surface area (Å²) in [6.07, 6.45) is 5.66. The Morgan fingerprint density at radius 2 is 1.95 bits per heavy atom. The maximum Gasteiger partial charge on any atom is 0.168 e. The highest BCUT2D eigenvalue weighted by atomic mass is 16.1. The van der Waals surface area contributed by atoms with Crippen molar-refractivity contribution in [1.29, 1.82) is 0 Å². The summed E-state index contributed by atoms with van der Waals surface area (Å²) >= 11 is 0. The van der Waals surface area contributed by atoms with Crippen molar-refractivity contribution in [3.05, 3.63) is 58.7 Å². The highest BCUT2D eigenvalue weighted by molar-refractivity contribution is 5.83. The van der Waals surface area contributed by atoms with Gasteiger partial charge in [-0.3, -0.25) is 4.79 Å². The van der Waals surface area contributed by atoms with E-state index in [-0.39, 0.29) is 0 Å². The molecule has 4 nitrogen and oxygen atoms in total.